The maximum atomic E-state index is 15.1. The summed E-state index contributed by atoms with van der Waals surface area (Å²) < 4.78 is 29.8. The highest BCUT2D eigenvalue weighted by molar-refractivity contribution is 5.92. The minimum absolute atomic E-state index is 0.00403. The van der Waals surface area contributed by atoms with Crippen molar-refractivity contribution in [2.45, 2.75) is 75.9 Å². The predicted octanol–water partition coefficient (Wildman–Crippen LogP) is 5.28. The quantitative estimate of drug-likeness (QED) is 0.295. The van der Waals surface area contributed by atoms with Crippen molar-refractivity contribution >= 4 is 29.2 Å². The van der Waals surface area contributed by atoms with Gasteiger partial charge in [-0.25, -0.2) is 18.6 Å². The zero-order chi connectivity index (χ0) is 26.3. The molecule has 0 spiro atoms. The zero-order valence-electron chi connectivity index (χ0n) is 21.3. The lowest BCUT2D eigenvalue weighted by atomic mass is 9.84. The number of urea groups is 1. The van der Waals surface area contributed by atoms with Gasteiger partial charge in [0.15, 0.2) is 11.6 Å². The van der Waals surface area contributed by atoms with Gasteiger partial charge in [0.1, 0.15) is 5.82 Å². The highest BCUT2D eigenvalue weighted by Gasteiger charge is 2.43. The molecule has 2 aromatic rings. The van der Waals surface area contributed by atoms with Gasteiger partial charge >= 0.3 is 6.03 Å². The summed E-state index contributed by atoms with van der Waals surface area (Å²) in [6, 6.07) is 2.65. The van der Waals surface area contributed by atoms with E-state index in [-0.39, 0.29) is 35.0 Å². The molecular formula is C25H33F2N9O. The number of hydrogen-bond donors (Lipinski definition) is 4. The van der Waals surface area contributed by atoms with Gasteiger partial charge in [-0.3, -0.25) is 4.90 Å². The van der Waals surface area contributed by atoms with Crippen molar-refractivity contribution in [1.29, 1.82) is 5.53 Å². The van der Waals surface area contributed by atoms with Crippen LogP contribution in [0, 0.1) is 17.2 Å². The van der Waals surface area contributed by atoms with E-state index in [2.05, 4.69) is 49.9 Å². The molecule has 2 aliphatic heterocycles. The van der Waals surface area contributed by atoms with Crippen molar-refractivity contribution in [3.05, 3.63) is 35.5 Å². The molecule has 10 nitrogen and oxygen atoms in total. The molecule has 1 saturated carbocycles. The van der Waals surface area contributed by atoms with E-state index in [0.717, 1.165) is 49.9 Å². The van der Waals surface area contributed by atoms with E-state index in [1.807, 2.05) is 0 Å². The molecule has 1 aromatic heterocycles. The van der Waals surface area contributed by atoms with Crippen LogP contribution in [0.5, 0.6) is 0 Å². The molecule has 1 aliphatic carbocycles. The average molecular weight is 514 g/mol. The summed E-state index contributed by atoms with van der Waals surface area (Å²) in [5.74, 6) is -0.972. The highest BCUT2D eigenvalue weighted by atomic mass is 19.1. The number of benzene rings is 1. The molecule has 2 saturated heterocycles. The number of carbonyl (C=O) groups excluding carboxylic acids is 1. The van der Waals surface area contributed by atoms with E-state index >= 15 is 4.39 Å². The van der Waals surface area contributed by atoms with Gasteiger partial charge in [0.05, 0.1) is 17.6 Å². The molecule has 3 aliphatic rings. The van der Waals surface area contributed by atoms with Crippen LogP contribution in [0.1, 0.15) is 63.9 Å². The van der Waals surface area contributed by atoms with Crippen molar-refractivity contribution in [3.63, 3.8) is 0 Å². The number of hydrogen-bond acceptors (Lipinski definition) is 8. The van der Waals surface area contributed by atoms with Crippen LogP contribution in [0.25, 0.3) is 0 Å². The Morgan fingerprint density at radius 1 is 1.24 bits per heavy atom. The summed E-state index contributed by atoms with van der Waals surface area (Å²) in [7, 11) is 1.43. The van der Waals surface area contributed by atoms with Crippen LogP contribution in [0.4, 0.5) is 36.7 Å². The van der Waals surface area contributed by atoms with Crippen molar-refractivity contribution in [1.82, 2.24) is 20.2 Å². The number of halogens is 2. The first-order valence-electron chi connectivity index (χ1n) is 12.8. The summed E-state index contributed by atoms with van der Waals surface area (Å²) in [4.78, 5) is 23.1. The van der Waals surface area contributed by atoms with Gasteiger partial charge in [-0.05, 0) is 82.5 Å². The fraction of sp³-hybridized carbons (Fsp3) is 0.560. The number of anilines is 4. The van der Waals surface area contributed by atoms with E-state index in [4.69, 9.17) is 5.53 Å². The second-order valence-electron chi connectivity index (χ2n) is 10.7. The Morgan fingerprint density at radius 2 is 2.03 bits per heavy atom. The lowest BCUT2D eigenvalue weighted by molar-refractivity contribution is 0.0500. The number of aromatic nitrogens is 2. The second-order valence-corrected chi connectivity index (χ2v) is 10.7. The third-order valence-corrected chi connectivity index (χ3v) is 7.66. The van der Waals surface area contributed by atoms with Crippen LogP contribution in [0.2, 0.25) is 0 Å². The van der Waals surface area contributed by atoms with E-state index in [1.165, 1.54) is 25.6 Å². The topological polar surface area (TPSA) is 122 Å². The maximum Gasteiger partial charge on any atom is 0.343 e. The number of nitrogens with one attached hydrogen (secondary N) is 4. The van der Waals surface area contributed by atoms with Crippen LogP contribution >= 0.6 is 0 Å². The molecular weight excluding hydrogens is 480 g/mol. The first-order valence-corrected chi connectivity index (χ1v) is 12.8. The molecule has 0 unspecified atom stereocenters. The summed E-state index contributed by atoms with van der Waals surface area (Å²) in [6.45, 7) is 5.54. The molecule has 37 heavy (non-hydrogen) atoms. The SMILES string of the molecule is CNC(=O)N(N=N)c1cc(Nc2ncc(F)c(N[C@@H]3C[C@H]4CCCN4C(C)(C)C3)n2)c(F)cc1C1CC1. The number of rotatable bonds is 7. The molecule has 2 atom stereocenters. The molecule has 1 aromatic carbocycles. The molecule has 3 fully saturated rings. The summed E-state index contributed by atoms with van der Waals surface area (Å²) >= 11 is 0. The number of piperidine rings is 1. The van der Waals surface area contributed by atoms with E-state index < -0.39 is 17.7 Å². The smallest absolute Gasteiger partial charge is 0.343 e. The fourth-order valence-electron chi connectivity index (χ4n) is 5.85. The number of nitrogens with zero attached hydrogens (tertiary/aromatic N) is 5. The number of amides is 2. The molecule has 5 rings (SSSR count). The van der Waals surface area contributed by atoms with Gasteiger partial charge in [-0.15, -0.1) is 0 Å². The lowest BCUT2D eigenvalue weighted by Crippen LogP contribution is -2.55. The highest BCUT2D eigenvalue weighted by Crippen LogP contribution is 2.46. The van der Waals surface area contributed by atoms with Crippen molar-refractivity contribution in [2.24, 2.45) is 5.22 Å². The summed E-state index contributed by atoms with van der Waals surface area (Å²) in [5, 5.41) is 12.7. The zero-order valence-corrected chi connectivity index (χ0v) is 21.3. The molecule has 0 bridgehead atoms. The van der Waals surface area contributed by atoms with Crippen molar-refractivity contribution in [2.75, 3.05) is 29.2 Å². The standard InChI is InChI=1S/C25H33F2N9O/c1-25(2)12-15(9-16-5-4-8-35(16)25)31-22-19(27)13-30-23(33-22)32-20-11-21(36(34-28)24(37)29-3)17(10-18(20)26)14-6-7-14/h10-11,13-16,28H,4-9,12H2,1-3H3,(H,29,37)(H2,30,31,32,33)/t15-,16-/m1/s1. The molecule has 198 valence electrons. The average Bonchev–Trinajstić information content (AvgIpc) is 3.59. The largest absolute Gasteiger partial charge is 0.365 e. The van der Waals surface area contributed by atoms with Gasteiger partial charge in [-0.1, -0.05) is 5.22 Å². The second kappa shape index (κ2) is 9.81. The minimum Gasteiger partial charge on any atom is -0.365 e. The number of carbonyl (C=O) groups is 1. The normalized spacial score (nSPS) is 22.7. The molecule has 4 N–H and O–H groups in total. The van der Waals surface area contributed by atoms with Gasteiger partial charge in [0.25, 0.3) is 0 Å². The van der Waals surface area contributed by atoms with Crippen LogP contribution in [0.3, 0.4) is 0 Å². The molecule has 2 amide bonds. The Hall–Kier alpha value is -3.41. The fourth-order valence-corrected chi connectivity index (χ4v) is 5.85. The van der Waals surface area contributed by atoms with Crippen LogP contribution in [-0.4, -0.2) is 52.1 Å². The van der Waals surface area contributed by atoms with E-state index in [0.29, 0.717) is 17.3 Å². The summed E-state index contributed by atoms with van der Waals surface area (Å²) in [6.07, 6.45) is 6.85. The third kappa shape index (κ3) is 5.07. The first kappa shape index (κ1) is 25.2. The Labute approximate surface area is 214 Å². The number of fused-ring (bicyclic) bond motifs is 1. The van der Waals surface area contributed by atoms with Crippen LogP contribution < -0.4 is 21.0 Å². The monoisotopic (exact) mass is 513 g/mol. The summed E-state index contributed by atoms with van der Waals surface area (Å²) in [5.41, 5.74) is 8.38. The van der Waals surface area contributed by atoms with Crippen molar-refractivity contribution in [3.8, 4) is 0 Å². The van der Waals surface area contributed by atoms with E-state index in [1.54, 1.807) is 0 Å². The Bertz CT molecular complexity index is 1200. The van der Waals surface area contributed by atoms with Gasteiger partial charge < -0.3 is 16.0 Å². The van der Waals surface area contributed by atoms with Crippen LogP contribution in [-0.2, 0) is 0 Å². The van der Waals surface area contributed by atoms with Crippen molar-refractivity contribution < 1.29 is 13.6 Å². The molecule has 0 radical (unpaired) electrons. The van der Waals surface area contributed by atoms with E-state index in [9.17, 15) is 9.18 Å². The lowest BCUT2D eigenvalue weighted by Gasteiger charge is -2.47. The van der Waals surface area contributed by atoms with Gasteiger partial charge in [0, 0.05) is 24.7 Å². The molecule has 3 heterocycles. The Kier molecular flexibility index (Phi) is 6.69. The Balaban J connectivity index is 1.39. The minimum atomic E-state index is -0.616. The maximum absolute atomic E-state index is 15.1. The van der Waals surface area contributed by atoms with Crippen LogP contribution in [0.15, 0.2) is 23.6 Å². The first-order chi connectivity index (χ1) is 17.7. The third-order valence-electron chi connectivity index (χ3n) is 7.66. The van der Waals surface area contributed by atoms with Gasteiger partial charge in [0.2, 0.25) is 5.95 Å². The Morgan fingerprint density at radius 3 is 2.73 bits per heavy atom. The predicted molar refractivity (Wildman–Crippen MR) is 136 cm³/mol. The van der Waals surface area contributed by atoms with Gasteiger partial charge in [-0.2, -0.15) is 15.5 Å². The molecule has 12 heteroatoms.